The zero-order valence-electron chi connectivity index (χ0n) is 38.6. The summed E-state index contributed by atoms with van der Waals surface area (Å²) in [5, 5.41) is 22.3. The van der Waals surface area contributed by atoms with Gasteiger partial charge < -0.3 is 31.3 Å². The first kappa shape index (κ1) is 53.3. The van der Waals surface area contributed by atoms with E-state index in [-0.39, 0.29) is 55.1 Å². The van der Waals surface area contributed by atoms with Crippen molar-refractivity contribution in [1.82, 2.24) is 31.3 Å². The predicted octanol–water partition coefficient (Wildman–Crippen LogP) is 8.85. The van der Waals surface area contributed by atoms with Gasteiger partial charge in [0.25, 0.3) is 5.91 Å². The fourth-order valence-corrected chi connectivity index (χ4v) is 9.03. The number of rotatable bonds is 25. The molecule has 2 heterocycles. The van der Waals surface area contributed by atoms with E-state index in [1.165, 1.54) is 17.0 Å². The topological polar surface area (TPSA) is 174 Å². The zero-order chi connectivity index (χ0) is 48.5. The summed E-state index contributed by atoms with van der Waals surface area (Å²) in [7, 11) is 0. The van der Waals surface area contributed by atoms with Gasteiger partial charge in [0.15, 0.2) is 11.6 Å². The second kappa shape index (κ2) is 26.2. The molecule has 0 radical (unpaired) electrons. The molecule has 1 fully saturated rings. The van der Waals surface area contributed by atoms with Crippen molar-refractivity contribution < 1.29 is 42.3 Å². The van der Waals surface area contributed by atoms with Gasteiger partial charge in [-0.1, -0.05) is 83.6 Å². The van der Waals surface area contributed by atoms with Crippen LogP contribution in [0.15, 0.2) is 60.1 Å². The van der Waals surface area contributed by atoms with Crippen molar-refractivity contribution >= 4 is 68.9 Å². The molecule has 13 nitrogen and oxygen atoms in total. The van der Waals surface area contributed by atoms with Gasteiger partial charge in [-0.05, 0) is 109 Å². The third-order valence-electron chi connectivity index (χ3n) is 11.5. The largest absolute Gasteiger partial charge is 0.391 e. The lowest BCUT2D eigenvalue weighted by Gasteiger charge is -2.35. The molecule has 364 valence electrons. The molecule has 6 N–H and O–H groups in total. The molecule has 4 amide bonds. The number of hydroxylamine groups is 1. The van der Waals surface area contributed by atoms with Crippen molar-refractivity contribution in [2.45, 2.75) is 123 Å². The third-order valence-corrected chi connectivity index (χ3v) is 13.2. The maximum Gasteiger partial charge on any atom is 0.277 e. The fourth-order valence-electron chi connectivity index (χ4n) is 7.76. The van der Waals surface area contributed by atoms with Crippen LogP contribution in [0.1, 0.15) is 113 Å². The molecule has 1 aromatic heterocycles. The summed E-state index contributed by atoms with van der Waals surface area (Å²) in [6.45, 7) is 9.56. The number of unbranched alkanes of at least 4 members (excludes halogenated alkanes) is 7. The minimum absolute atomic E-state index is 0.0197. The van der Waals surface area contributed by atoms with Crippen LogP contribution in [0.25, 0.3) is 10.4 Å². The molecule has 0 saturated carbocycles. The summed E-state index contributed by atoms with van der Waals surface area (Å²) in [4.78, 5) is 65.3. The van der Waals surface area contributed by atoms with Gasteiger partial charge in [0, 0.05) is 29.5 Å². The highest BCUT2D eigenvalue weighted by atomic mass is 127. The number of carbonyl (C=O) groups is 4. The standard InChI is InChI=1S/C49H63F3IN7O6S/c1-31-44(67-30-56-31)33-17-15-32(16-18-33)28-55-47(64)40-27-35(61)29-60(40)48(65)45(49(2,3)4)58-41(62)14-11-9-7-5-6-8-10-12-23-54-24-13-25-66-59-46(63)36-20-21-37(50)42(52)43(36)57-39-22-19-34(53)26-38(39)51/h15-22,26,30,35,40,45,54,57,61H,5-14,23-25,27-29H2,1-4H3,(H,55,64)(H,58,62)(H,59,63). The van der Waals surface area contributed by atoms with E-state index >= 15 is 0 Å². The van der Waals surface area contributed by atoms with E-state index in [4.69, 9.17) is 4.84 Å². The van der Waals surface area contributed by atoms with Crippen molar-refractivity contribution in [2.24, 2.45) is 5.41 Å². The van der Waals surface area contributed by atoms with Gasteiger partial charge in [-0.3, -0.25) is 24.0 Å². The number of β-amino-alcohol motifs (C(OH)–C–C–N with tert-alkyl or cyclic N) is 1. The van der Waals surface area contributed by atoms with Gasteiger partial charge in [-0.15, -0.1) is 11.3 Å². The lowest BCUT2D eigenvalue weighted by atomic mass is 9.85. The molecule has 3 unspecified atom stereocenters. The summed E-state index contributed by atoms with van der Waals surface area (Å²) in [5.41, 5.74) is 5.50. The Hall–Kier alpha value is -4.63. The van der Waals surface area contributed by atoms with Gasteiger partial charge in [0.2, 0.25) is 17.7 Å². The number of aromatic nitrogens is 1. The number of hydrogen-bond acceptors (Lipinski definition) is 10. The molecule has 67 heavy (non-hydrogen) atoms. The lowest BCUT2D eigenvalue weighted by Crippen LogP contribution is -2.57. The Labute approximate surface area is 408 Å². The van der Waals surface area contributed by atoms with Gasteiger partial charge in [0.05, 0.1) is 45.7 Å². The second-order valence-corrected chi connectivity index (χ2v) is 20.0. The Bertz CT molecular complexity index is 2280. The van der Waals surface area contributed by atoms with E-state index in [0.29, 0.717) is 29.4 Å². The number of halogens is 4. The van der Waals surface area contributed by atoms with Crippen LogP contribution in [-0.4, -0.2) is 83.0 Å². The van der Waals surface area contributed by atoms with Crippen LogP contribution in [0.4, 0.5) is 24.5 Å². The summed E-state index contributed by atoms with van der Waals surface area (Å²) in [6, 6.07) is 12.3. The van der Waals surface area contributed by atoms with Gasteiger partial charge in [-0.25, -0.2) is 23.6 Å². The Morgan fingerprint density at radius 2 is 1.60 bits per heavy atom. The van der Waals surface area contributed by atoms with Crippen LogP contribution >= 0.6 is 33.9 Å². The maximum absolute atomic E-state index is 14.7. The highest BCUT2D eigenvalue weighted by molar-refractivity contribution is 14.1. The Balaban J connectivity index is 0.900. The highest BCUT2D eigenvalue weighted by Crippen LogP contribution is 2.30. The van der Waals surface area contributed by atoms with Crippen LogP contribution < -0.4 is 26.7 Å². The molecule has 0 bridgehead atoms. The molecule has 3 aromatic carbocycles. The predicted molar refractivity (Wildman–Crippen MR) is 263 cm³/mol. The number of aliphatic hydroxyl groups is 1. The Morgan fingerprint density at radius 3 is 2.27 bits per heavy atom. The number of amides is 4. The molecule has 4 aromatic rings. The Kier molecular flexibility index (Phi) is 20.9. The van der Waals surface area contributed by atoms with Crippen molar-refractivity contribution in [3.63, 3.8) is 0 Å². The number of benzene rings is 3. The molecule has 1 aliphatic rings. The number of carbonyl (C=O) groups excluding carboxylic acids is 4. The van der Waals surface area contributed by atoms with E-state index in [1.807, 2.05) is 80.1 Å². The number of thiazole rings is 1. The minimum atomic E-state index is -1.31. The van der Waals surface area contributed by atoms with Crippen molar-refractivity contribution in [2.75, 3.05) is 31.6 Å². The van der Waals surface area contributed by atoms with E-state index < -0.39 is 52.6 Å². The van der Waals surface area contributed by atoms with Crippen molar-refractivity contribution in [3.05, 3.63) is 98.0 Å². The molecule has 1 saturated heterocycles. The number of likely N-dealkylation sites (tertiary alicyclic amines) is 1. The summed E-state index contributed by atoms with van der Waals surface area (Å²) in [6.07, 6.45) is 8.07. The molecule has 0 aliphatic carbocycles. The number of anilines is 2. The smallest absolute Gasteiger partial charge is 0.277 e. The molecule has 3 atom stereocenters. The van der Waals surface area contributed by atoms with Crippen molar-refractivity contribution in [1.29, 1.82) is 0 Å². The number of aliphatic hydroxyl groups excluding tert-OH is 1. The lowest BCUT2D eigenvalue weighted by molar-refractivity contribution is -0.144. The molecule has 18 heteroatoms. The summed E-state index contributed by atoms with van der Waals surface area (Å²) in [5.74, 6) is -4.92. The average Bonchev–Trinajstić information content (AvgIpc) is 3.91. The van der Waals surface area contributed by atoms with Crippen LogP contribution in [0.5, 0.6) is 0 Å². The summed E-state index contributed by atoms with van der Waals surface area (Å²) >= 11 is 3.50. The van der Waals surface area contributed by atoms with Crippen LogP contribution in [0.2, 0.25) is 0 Å². The minimum Gasteiger partial charge on any atom is -0.391 e. The highest BCUT2D eigenvalue weighted by Gasteiger charge is 2.44. The number of nitrogens with one attached hydrogen (secondary N) is 5. The number of aryl methyl sites for hydroxylation is 1. The zero-order valence-corrected chi connectivity index (χ0v) is 41.6. The first-order chi connectivity index (χ1) is 32.0. The molecular formula is C49H63F3IN7O6S. The second-order valence-electron chi connectivity index (χ2n) is 17.9. The fraction of sp³-hybridized carbons (Fsp3) is 0.490. The monoisotopic (exact) mass is 1060 g/mol. The first-order valence-corrected chi connectivity index (χ1v) is 24.9. The maximum atomic E-state index is 14.7. The van der Waals surface area contributed by atoms with Crippen molar-refractivity contribution in [3.8, 4) is 10.4 Å². The quantitative estimate of drug-likeness (QED) is 0.0215. The molecular weight excluding hydrogens is 999 g/mol. The number of hydrogen-bond donors (Lipinski definition) is 6. The van der Waals surface area contributed by atoms with Crippen LogP contribution in [-0.2, 0) is 25.8 Å². The van der Waals surface area contributed by atoms with E-state index in [2.05, 4.69) is 31.7 Å². The molecule has 0 spiro atoms. The SMILES string of the molecule is Cc1ncsc1-c1ccc(CNC(=O)C2CC(O)CN2C(=O)C(NC(=O)CCCCCCCCCCNCCCONC(=O)c2ccc(F)c(F)c2Nc2ccc(I)cc2F)C(C)(C)C)cc1. The van der Waals surface area contributed by atoms with Gasteiger partial charge >= 0.3 is 0 Å². The van der Waals surface area contributed by atoms with E-state index in [1.54, 1.807) is 17.4 Å². The molecule has 1 aliphatic heterocycles. The number of nitrogens with zero attached hydrogens (tertiary/aromatic N) is 2. The van der Waals surface area contributed by atoms with Crippen LogP contribution in [0, 0.1) is 33.4 Å². The Morgan fingerprint density at radius 1 is 0.910 bits per heavy atom. The van der Waals surface area contributed by atoms with Crippen LogP contribution in [0.3, 0.4) is 0 Å². The molecule has 5 rings (SSSR count). The van der Waals surface area contributed by atoms with E-state index in [9.17, 15) is 37.5 Å². The van der Waals surface area contributed by atoms with Gasteiger partial charge in [-0.2, -0.15) is 0 Å². The average molecular weight is 1060 g/mol. The normalized spacial score (nSPS) is 15.3. The third kappa shape index (κ3) is 16.3. The van der Waals surface area contributed by atoms with Gasteiger partial charge in [0.1, 0.15) is 17.9 Å². The van der Waals surface area contributed by atoms with E-state index in [0.717, 1.165) is 85.3 Å². The summed E-state index contributed by atoms with van der Waals surface area (Å²) < 4.78 is 43.6. The first-order valence-electron chi connectivity index (χ1n) is 22.9.